The van der Waals surface area contributed by atoms with Crippen LogP contribution in [0.3, 0.4) is 0 Å². The molecule has 0 bridgehead atoms. The fourth-order valence-corrected chi connectivity index (χ4v) is 2.77. The molecule has 3 rings (SSSR count). The summed E-state index contributed by atoms with van der Waals surface area (Å²) in [5.74, 6) is 0.0261. The molecule has 0 aromatic heterocycles. The van der Waals surface area contributed by atoms with E-state index >= 15 is 0 Å². The van der Waals surface area contributed by atoms with Crippen LogP contribution in [0.2, 0.25) is 0 Å². The number of nitrogens with zero attached hydrogens (tertiary/aromatic N) is 1. The van der Waals surface area contributed by atoms with Gasteiger partial charge in [-0.25, -0.2) is 0 Å². The Labute approximate surface area is 123 Å². The van der Waals surface area contributed by atoms with E-state index in [0.717, 1.165) is 17.7 Å². The van der Waals surface area contributed by atoms with Crippen molar-refractivity contribution in [3.8, 4) is 0 Å². The number of hydrogen-bond acceptors (Lipinski definition) is 3. The second-order valence-electron chi connectivity index (χ2n) is 5.42. The summed E-state index contributed by atoms with van der Waals surface area (Å²) in [6.07, 6.45) is 0.804. The molecule has 1 aliphatic rings. The monoisotopic (exact) mass is 282 g/mol. The fourth-order valence-electron chi connectivity index (χ4n) is 2.77. The zero-order chi connectivity index (χ0) is 14.8. The normalized spacial score (nSPS) is 17.4. The first-order valence-electron chi connectivity index (χ1n) is 7.05. The molecule has 1 amide bonds. The lowest BCUT2D eigenvalue weighted by Gasteiger charge is -2.34. The Morgan fingerprint density at radius 2 is 1.90 bits per heavy atom. The number of carbonyl (C=O) groups is 1. The number of aliphatic hydroxyl groups is 1. The molecule has 0 saturated carbocycles. The van der Waals surface area contributed by atoms with E-state index in [1.165, 1.54) is 0 Å². The van der Waals surface area contributed by atoms with Gasteiger partial charge in [0.15, 0.2) is 0 Å². The van der Waals surface area contributed by atoms with Gasteiger partial charge in [-0.3, -0.25) is 4.79 Å². The molecular weight excluding hydrogens is 264 g/mol. The summed E-state index contributed by atoms with van der Waals surface area (Å²) in [5, 5.41) is 9.47. The Balaban J connectivity index is 1.97. The van der Waals surface area contributed by atoms with Crippen molar-refractivity contribution in [1.29, 1.82) is 0 Å². The number of anilines is 2. The van der Waals surface area contributed by atoms with E-state index in [2.05, 4.69) is 0 Å². The molecule has 108 valence electrons. The molecule has 0 radical (unpaired) electrons. The van der Waals surface area contributed by atoms with Crippen LogP contribution in [0.25, 0.3) is 0 Å². The van der Waals surface area contributed by atoms with Gasteiger partial charge in [0.05, 0.1) is 0 Å². The van der Waals surface area contributed by atoms with Crippen LogP contribution in [0.5, 0.6) is 0 Å². The molecule has 0 saturated heterocycles. The van der Waals surface area contributed by atoms with E-state index in [0.29, 0.717) is 17.8 Å². The Morgan fingerprint density at radius 3 is 2.62 bits per heavy atom. The number of para-hydroxylation sites is 1. The number of hydrogen-bond donors (Lipinski definition) is 2. The second-order valence-corrected chi connectivity index (χ2v) is 5.42. The average molecular weight is 282 g/mol. The first-order chi connectivity index (χ1) is 10.2. The smallest absolute Gasteiger partial charge is 0.258 e. The topological polar surface area (TPSA) is 66.6 Å². The van der Waals surface area contributed by atoms with Gasteiger partial charge in [0.1, 0.15) is 0 Å². The Hall–Kier alpha value is -2.33. The molecule has 1 heterocycles. The van der Waals surface area contributed by atoms with Crippen LogP contribution in [0.4, 0.5) is 11.4 Å². The molecule has 4 nitrogen and oxygen atoms in total. The predicted octanol–water partition coefficient (Wildman–Crippen LogP) is 2.08. The van der Waals surface area contributed by atoms with Gasteiger partial charge in [-0.05, 0) is 42.3 Å². The zero-order valence-electron chi connectivity index (χ0n) is 11.7. The predicted molar refractivity (Wildman–Crippen MR) is 83.3 cm³/mol. The standard InChI is InChI=1S/C17H18N2O2/c18-15-7-5-13(6-8-15)17(21)19-10-12(11-20)9-14-3-1-2-4-16(14)19/h1-8,12,20H,9-11,18H2/t12-/m1/s1. The van der Waals surface area contributed by atoms with Crippen LogP contribution in [0.1, 0.15) is 15.9 Å². The van der Waals surface area contributed by atoms with E-state index in [1.54, 1.807) is 29.2 Å². The summed E-state index contributed by atoms with van der Waals surface area (Å²) in [5.41, 5.74) is 8.95. The van der Waals surface area contributed by atoms with Gasteiger partial charge in [-0.1, -0.05) is 18.2 Å². The van der Waals surface area contributed by atoms with Gasteiger partial charge in [-0.15, -0.1) is 0 Å². The zero-order valence-corrected chi connectivity index (χ0v) is 11.7. The van der Waals surface area contributed by atoms with Crippen LogP contribution in [0.15, 0.2) is 48.5 Å². The second kappa shape index (κ2) is 5.58. The summed E-state index contributed by atoms with van der Waals surface area (Å²) < 4.78 is 0. The Bertz CT molecular complexity index is 652. The molecule has 0 aliphatic carbocycles. The lowest BCUT2D eigenvalue weighted by Crippen LogP contribution is -2.41. The highest BCUT2D eigenvalue weighted by atomic mass is 16.3. The Morgan fingerprint density at radius 1 is 1.19 bits per heavy atom. The first-order valence-corrected chi connectivity index (χ1v) is 7.05. The van der Waals surface area contributed by atoms with E-state index < -0.39 is 0 Å². The number of benzene rings is 2. The Kier molecular flexibility index (Phi) is 3.62. The fraction of sp³-hybridized carbons (Fsp3) is 0.235. The van der Waals surface area contributed by atoms with Gasteiger partial charge in [-0.2, -0.15) is 0 Å². The maximum atomic E-state index is 12.7. The molecule has 0 unspecified atom stereocenters. The molecule has 1 aliphatic heterocycles. The van der Waals surface area contributed by atoms with E-state index in [4.69, 9.17) is 5.73 Å². The van der Waals surface area contributed by atoms with Crippen molar-refractivity contribution in [2.45, 2.75) is 6.42 Å². The van der Waals surface area contributed by atoms with Crippen LogP contribution in [-0.4, -0.2) is 24.2 Å². The summed E-state index contributed by atoms with van der Waals surface area (Å²) in [6, 6.07) is 14.8. The average Bonchev–Trinajstić information content (AvgIpc) is 2.53. The van der Waals surface area contributed by atoms with Crippen molar-refractivity contribution in [2.75, 3.05) is 23.8 Å². The van der Waals surface area contributed by atoms with Gasteiger partial charge in [0, 0.05) is 36.0 Å². The van der Waals surface area contributed by atoms with Crippen molar-refractivity contribution in [2.24, 2.45) is 5.92 Å². The summed E-state index contributed by atoms with van der Waals surface area (Å²) >= 11 is 0. The van der Waals surface area contributed by atoms with Crippen molar-refractivity contribution in [1.82, 2.24) is 0 Å². The third kappa shape index (κ3) is 2.62. The van der Waals surface area contributed by atoms with Crippen molar-refractivity contribution in [3.05, 3.63) is 59.7 Å². The quantitative estimate of drug-likeness (QED) is 0.829. The highest BCUT2D eigenvalue weighted by Crippen LogP contribution is 2.30. The first kappa shape index (κ1) is 13.6. The number of aliphatic hydroxyl groups excluding tert-OH is 1. The minimum absolute atomic E-state index is 0.0550. The van der Waals surface area contributed by atoms with E-state index in [9.17, 15) is 9.90 Å². The minimum Gasteiger partial charge on any atom is -0.399 e. The summed E-state index contributed by atoms with van der Waals surface area (Å²) in [7, 11) is 0. The highest BCUT2D eigenvalue weighted by Gasteiger charge is 2.28. The number of carbonyl (C=O) groups excluding carboxylic acids is 1. The molecule has 4 heteroatoms. The van der Waals surface area contributed by atoms with Crippen LogP contribution >= 0.6 is 0 Å². The number of nitrogen functional groups attached to an aromatic ring is 1. The van der Waals surface area contributed by atoms with Gasteiger partial charge >= 0.3 is 0 Å². The summed E-state index contributed by atoms with van der Waals surface area (Å²) in [6.45, 7) is 0.622. The maximum absolute atomic E-state index is 12.7. The van der Waals surface area contributed by atoms with Crippen molar-refractivity contribution >= 4 is 17.3 Å². The van der Waals surface area contributed by atoms with Crippen LogP contribution in [0, 0.1) is 5.92 Å². The lowest BCUT2D eigenvalue weighted by atomic mass is 9.92. The molecule has 21 heavy (non-hydrogen) atoms. The number of amides is 1. The number of fused-ring (bicyclic) bond motifs is 1. The minimum atomic E-state index is -0.0550. The highest BCUT2D eigenvalue weighted by molar-refractivity contribution is 6.06. The van der Waals surface area contributed by atoms with Crippen molar-refractivity contribution < 1.29 is 9.90 Å². The third-order valence-corrected chi connectivity index (χ3v) is 3.89. The largest absolute Gasteiger partial charge is 0.399 e. The van der Waals surface area contributed by atoms with Gasteiger partial charge in [0.2, 0.25) is 0 Å². The lowest BCUT2D eigenvalue weighted by molar-refractivity contribution is 0.0974. The van der Waals surface area contributed by atoms with Gasteiger partial charge in [0.25, 0.3) is 5.91 Å². The number of rotatable bonds is 2. The molecule has 0 fully saturated rings. The van der Waals surface area contributed by atoms with Crippen LogP contribution < -0.4 is 10.6 Å². The number of nitrogens with two attached hydrogens (primary N) is 1. The molecule has 2 aromatic carbocycles. The molecule has 0 spiro atoms. The molecule has 2 aromatic rings. The van der Waals surface area contributed by atoms with Gasteiger partial charge < -0.3 is 15.7 Å². The van der Waals surface area contributed by atoms with Crippen LogP contribution in [-0.2, 0) is 6.42 Å². The molecule has 1 atom stereocenters. The maximum Gasteiger partial charge on any atom is 0.258 e. The summed E-state index contributed by atoms with van der Waals surface area (Å²) in [4.78, 5) is 14.5. The molecule has 3 N–H and O–H groups in total. The SMILES string of the molecule is Nc1ccc(C(=O)N2C[C@H](CO)Cc3ccccc32)cc1. The molecular formula is C17H18N2O2. The van der Waals surface area contributed by atoms with Crippen molar-refractivity contribution in [3.63, 3.8) is 0 Å². The van der Waals surface area contributed by atoms with E-state index in [-0.39, 0.29) is 18.4 Å². The van der Waals surface area contributed by atoms with E-state index in [1.807, 2.05) is 24.3 Å². The third-order valence-electron chi connectivity index (χ3n) is 3.89.